The first-order valence-electron chi connectivity index (χ1n) is 6.32. The van der Waals surface area contributed by atoms with E-state index in [1.807, 2.05) is 6.08 Å². The fraction of sp³-hybridized carbons (Fsp3) is 0.214. The molecule has 0 fully saturated rings. The van der Waals surface area contributed by atoms with Crippen LogP contribution in [0.4, 0.5) is 0 Å². The number of nitrogens with zero attached hydrogens (tertiary/aromatic N) is 2. The Kier molecular flexibility index (Phi) is 3.22. The lowest BCUT2D eigenvalue weighted by Crippen LogP contribution is -2.38. The first-order chi connectivity index (χ1) is 9.83. The van der Waals surface area contributed by atoms with Crippen LogP contribution in [-0.2, 0) is 10.0 Å². The Morgan fingerprint density at radius 3 is 2.90 bits per heavy atom. The largest absolute Gasteiger partial charge is 0.619 e. The number of hydrogen-bond donors (Lipinski definition) is 0. The van der Waals surface area contributed by atoms with Gasteiger partial charge in [-0.05, 0) is 17.5 Å². The van der Waals surface area contributed by atoms with Crippen molar-refractivity contribution in [2.75, 3.05) is 0 Å². The Labute approximate surface area is 131 Å². The van der Waals surface area contributed by atoms with Crippen molar-refractivity contribution in [2.45, 2.75) is 18.1 Å². The lowest BCUT2D eigenvalue weighted by Gasteiger charge is -2.28. The summed E-state index contributed by atoms with van der Waals surface area (Å²) < 4.78 is 27.7. The number of fused-ring (bicyclic) bond motifs is 1. The minimum absolute atomic E-state index is 0.375. The highest BCUT2D eigenvalue weighted by Gasteiger charge is 2.40. The number of aromatic nitrogens is 2. The van der Waals surface area contributed by atoms with E-state index in [4.69, 9.17) is 0 Å². The molecule has 0 bridgehead atoms. The van der Waals surface area contributed by atoms with E-state index < -0.39 is 14.8 Å². The van der Waals surface area contributed by atoms with Crippen LogP contribution in [0, 0.1) is 5.21 Å². The molecule has 1 unspecified atom stereocenters. The van der Waals surface area contributed by atoms with Gasteiger partial charge < -0.3 is 5.21 Å². The van der Waals surface area contributed by atoms with Crippen LogP contribution in [0.1, 0.15) is 13.3 Å². The van der Waals surface area contributed by atoms with Gasteiger partial charge in [-0.2, -0.15) is 4.73 Å². The number of pyridine rings is 1. The zero-order valence-electron chi connectivity index (χ0n) is 11.2. The van der Waals surface area contributed by atoms with Crippen molar-refractivity contribution < 1.29 is 13.1 Å². The molecule has 2 aromatic heterocycles. The van der Waals surface area contributed by atoms with Gasteiger partial charge in [-0.3, -0.25) is 0 Å². The van der Waals surface area contributed by atoms with Crippen LogP contribution in [0.3, 0.4) is 0 Å². The van der Waals surface area contributed by atoms with Crippen LogP contribution in [-0.4, -0.2) is 17.1 Å². The Morgan fingerprint density at radius 2 is 2.19 bits per heavy atom. The molecule has 3 rings (SSSR count). The molecule has 1 atom stereocenters. The van der Waals surface area contributed by atoms with Crippen LogP contribution in [0.5, 0.6) is 0 Å². The summed E-state index contributed by atoms with van der Waals surface area (Å²) in [6.45, 7) is 1.69. The third kappa shape index (κ3) is 2.20. The Balaban J connectivity index is 2.17. The van der Waals surface area contributed by atoms with E-state index in [0.29, 0.717) is 22.1 Å². The normalized spacial score (nSPS) is 22.5. The van der Waals surface area contributed by atoms with Gasteiger partial charge in [0.2, 0.25) is 10.0 Å². The third-order valence-corrected chi connectivity index (χ3v) is 6.50. The molecule has 2 heterocycles. The lowest BCUT2D eigenvalue weighted by atomic mass is 10.0. The number of halogens is 1. The van der Waals surface area contributed by atoms with Crippen molar-refractivity contribution in [1.82, 2.24) is 3.97 Å². The minimum Gasteiger partial charge on any atom is -0.619 e. The first-order valence-corrected chi connectivity index (χ1v) is 8.56. The molecule has 0 radical (unpaired) electrons. The molecule has 0 N–H and O–H groups in total. The van der Waals surface area contributed by atoms with Crippen molar-refractivity contribution >= 4 is 36.9 Å². The van der Waals surface area contributed by atoms with E-state index >= 15 is 0 Å². The highest BCUT2D eigenvalue weighted by molar-refractivity contribution is 9.11. The summed E-state index contributed by atoms with van der Waals surface area (Å²) in [7, 11) is -3.64. The van der Waals surface area contributed by atoms with Crippen LogP contribution in [0.2, 0.25) is 0 Å². The summed E-state index contributed by atoms with van der Waals surface area (Å²) in [6.07, 6.45) is 9.79. The fourth-order valence-electron chi connectivity index (χ4n) is 2.46. The topological polar surface area (TPSA) is 66.0 Å². The molecule has 1 aliphatic rings. The maximum atomic E-state index is 13.0. The summed E-state index contributed by atoms with van der Waals surface area (Å²) in [5.41, 5.74) is 0.502. The predicted octanol–water partition coefficient (Wildman–Crippen LogP) is 2.45. The average molecular weight is 369 g/mol. The van der Waals surface area contributed by atoms with Gasteiger partial charge in [0.05, 0.1) is 10.9 Å². The summed E-state index contributed by atoms with van der Waals surface area (Å²) in [6, 6.07) is 3.14. The van der Waals surface area contributed by atoms with Crippen molar-refractivity contribution in [3.63, 3.8) is 0 Å². The molecule has 0 saturated heterocycles. The maximum absolute atomic E-state index is 13.0. The van der Waals surface area contributed by atoms with Crippen LogP contribution in [0.15, 0.2) is 53.4 Å². The molecule has 0 saturated carbocycles. The molecule has 0 aliphatic heterocycles. The van der Waals surface area contributed by atoms with E-state index in [9.17, 15) is 13.6 Å². The van der Waals surface area contributed by atoms with Gasteiger partial charge >= 0.3 is 0 Å². The molecule has 0 aromatic carbocycles. The SMILES string of the molecule is CC1(S(=O)(=O)n2ccc3c[n+]([O-])ccc32)C=CC=C(Br)C1. The molecule has 7 heteroatoms. The van der Waals surface area contributed by atoms with Crippen molar-refractivity contribution in [3.8, 4) is 0 Å². The molecule has 2 aromatic rings. The molecule has 110 valence electrons. The van der Waals surface area contributed by atoms with Gasteiger partial charge in [0, 0.05) is 18.7 Å². The monoisotopic (exact) mass is 368 g/mol. The second-order valence-electron chi connectivity index (χ2n) is 5.22. The summed E-state index contributed by atoms with van der Waals surface area (Å²) in [5.74, 6) is 0. The van der Waals surface area contributed by atoms with E-state index in [-0.39, 0.29) is 0 Å². The van der Waals surface area contributed by atoms with E-state index in [1.165, 1.54) is 28.6 Å². The molecule has 5 nitrogen and oxygen atoms in total. The summed E-state index contributed by atoms with van der Waals surface area (Å²) in [5, 5.41) is 11.9. The standard InChI is InChI=1S/C14H13BrN2O3S/c1-14(6-2-3-12(15)9-14)21(19,20)17-8-4-11-10-16(18)7-5-13(11)17/h2-8,10H,9H2,1H3. The molecule has 0 spiro atoms. The first kappa shape index (κ1) is 14.3. The van der Waals surface area contributed by atoms with Crippen molar-refractivity contribution in [3.05, 3.63) is 58.6 Å². The highest BCUT2D eigenvalue weighted by atomic mass is 79.9. The van der Waals surface area contributed by atoms with Gasteiger partial charge in [-0.1, -0.05) is 34.2 Å². The minimum atomic E-state index is -3.64. The molecular weight excluding hydrogens is 356 g/mol. The highest BCUT2D eigenvalue weighted by Crippen LogP contribution is 2.35. The number of allylic oxidation sites excluding steroid dienone is 3. The maximum Gasteiger partial charge on any atom is 0.248 e. The average Bonchev–Trinajstić information content (AvgIpc) is 2.81. The summed E-state index contributed by atoms with van der Waals surface area (Å²) >= 11 is 3.37. The Hall–Kier alpha value is -1.60. The predicted molar refractivity (Wildman–Crippen MR) is 84.4 cm³/mol. The third-order valence-electron chi connectivity index (χ3n) is 3.66. The fourth-order valence-corrected chi connectivity index (χ4v) is 5.07. The summed E-state index contributed by atoms with van der Waals surface area (Å²) in [4.78, 5) is 0. The van der Waals surface area contributed by atoms with E-state index in [0.717, 1.165) is 4.48 Å². The smallest absolute Gasteiger partial charge is 0.248 e. The second kappa shape index (κ2) is 4.71. The quantitative estimate of drug-likeness (QED) is 0.603. The zero-order chi connectivity index (χ0) is 15.3. The van der Waals surface area contributed by atoms with Crippen molar-refractivity contribution in [1.29, 1.82) is 0 Å². The van der Waals surface area contributed by atoms with Crippen LogP contribution >= 0.6 is 15.9 Å². The van der Waals surface area contributed by atoms with Gasteiger partial charge in [0.1, 0.15) is 4.75 Å². The van der Waals surface area contributed by atoms with E-state index in [1.54, 1.807) is 25.1 Å². The van der Waals surface area contributed by atoms with Gasteiger partial charge in [-0.25, -0.2) is 12.4 Å². The van der Waals surface area contributed by atoms with Crippen LogP contribution in [0.25, 0.3) is 10.9 Å². The lowest BCUT2D eigenvalue weighted by molar-refractivity contribution is -0.603. The molecule has 21 heavy (non-hydrogen) atoms. The van der Waals surface area contributed by atoms with Crippen molar-refractivity contribution in [2.24, 2.45) is 0 Å². The second-order valence-corrected chi connectivity index (χ2v) is 8.52. The van der Waals surface area contributed by atoms with Gasteiger partial charge in [-0.15, -0.1) is 0 Å². The number of rotatable bonds is 2. The zero-order valence-corrected chi connectivity index (χ0v) is 13.6. The van der Waals surface area contributed by atoms with Gasteiger partial charge in [0.25, 0.3) is 0 Å². The van der Waals surface area contributed by atoms with Crippen LogP contribution < -0.4 is 4.73 Å². The molecule has 0 amide bonds. The molecule has 1 aliphatic carbocycles. The Bertz CT molecular complexity index is 883. The number of hydrogen-bond acceptors (Lipinski definition) is 3. The molecular formula is C14H13BrN2O3S. The van der Waals surface area contributed by atoms with Gasteiger partial charge in [0.15, 0.2) is 12.4 Å². The van der Waals surface area contributed by atoms with E-state index in [2.05, 4.69) is 15.9 Å². The Morgan fingerprint density at radius 1 is 1.43 bits per heavy atom.